The Bertz CT molecular complexity index is 726. The van der Waals surface area contributed by atoms with Crippen molar-refractivity contribution >= 4 is 5.97 Å². The van der Waals surface area contributed by atoms with E-state index in [9.17, 15) is 9.18 Å². The van der Waals surface area contributed by atoms with Crippen LogP contribution in [0.15, 0.2) is 30.4 Å². The smallest absolute Gasteiger partial charge is 0.314 e. The highest BCUT2D eigenvalue weighted by Gasteiger charge is 2.34. The molecular formula is C21H24FNO4. The van der Waals surface area contributed by atoms with Crippen LogP contribution in [0.2, 0.25) is 0 Å². The van der Waals surface area contributed by atoms with Gasteiger partial charge >= 0.3 is 5.97 Å². The molecule has 1 aliphatic carbocycles. The third-order valence-corrected chi connectivity index (χ3v) is 5.18. The Morgan fingerprint density at radius 1 is 1.26 bits per heavy atom. The number of halogens is 1. The summed E-state index contributed by atoms with van der Waals surface area (Å²) >= 11 is 0. The van der Waals surface area contributed by atoms with E-state index in [2.05, 4.69) is 6.08 Å². The molecule has 27 heavy (non-hydrogen) atoms. The van der Waals surface area contributed by atoms with Crippen molar-refractivity contribution in [2.45, 2.75) is 38.9 Å². The van der Waals surface area contributed by atoms with Gasteiger partial charge < -0.3 is 14.2 Å². The van der Waals surface area contributed by atoms with Gasteiger partial charge in [-0.2, -0.15) is 5.26 Å². The Hall–Kier alpha value is -2.23. The van der Waals surface area contributed by atoms with E-state index < -0.39 is 5.82 Å². The predicted molar refractivity (Wildman–Crippen MR) is 96.2 cm³/mol. The standard InChI is InChI=1S/C21H24FNO4/c1-2-3-14-12-25-21(26-13-14)16-6-4-15(5-7-16)20(24)27-18-9-8-17(11-23)19(22)10-18/h2-3,8-10,14-16,21H,4-7,12-13H2,1H3/b3-2+. The van der Waals surface area contributed by atoms with E-state index in [-0.39, 0.29) is 35.4 Å². The first-order chi connectivity index (χ1) is 13.1. The molecule has 1 aliphatic heterocycles. The number of nitriles is 1. The summed E-state index contributed by atoms with van der Waals surface area (Å²) in [5.74, 6) is -0.518. The molecule has 0 radical (unpaired) electrons. The highest BCUT2D eigenvalue weighted by molar-refractivity contribution is 5.75. The summed E-state index contributed by atoms with van der Waals surface area (Å²) in [6.45, 7) is 3.32. The van der Waals surface area contributed by atoms with E-state index >= 15 is 0 Å². The number of esters is 1. The minimum absolute atomic E-state index is 0.0699. The zero-order valence-electron chi connectivity index (χ0n) is 15.4. The first kappa shape index (κ1) is 19.5. The van der Waals surface area contributed by atoms with E-state index in [0.717, 1.165) is 18.9 Å². The van der Waals surface area contributed by atoms with E-state index in [1.165, 1.54) is 12.1 Å². The van der Waals surface area contributed by atoms with Crippen molar-refractivity contribution in [1.82, 2.24) is 0 Å². The second-order valence-electron chi connectivity index (χ2n) is 7.11. The molecular weight excluding hydrogens is 349 g/mol. The fourth-order valence-corrected chi connectivity index (χ4v) is 3.67. The van der Waals surface area contributed by atoms with Gasteiger partial charge in [0, 0.05) is 17.9 Å². The lowest BCUT2D eigenvalue weighted by Gasteiger charge is -2.36. The number of hydrogen-bond acceptors (Lipinski definition) is 5. The minimum atomic E-state index is -0.686. The van der Waals surface area contributed by atoms with Crippen molar-refractivity contribution in [3.63, 3.8) is 0 Å². The molecule has 1 aromatic rings. The van der Waals surface area contributed by atoms with Crippen molar-refractivity contribution in [1.29, 1.82) is 5.26 Å². The van der Waals surface area contributed by atoms with Gasteiger partial charge in [0.05, 0.1) is 24.7 Å². The van der Waals surface area contributed by atoms with E-state index in [1.54, 1.807) is 6.07 Å². The van der Waals surface area contributed by atoms with Crippen molar-refractivity contribution in [3.8, 4) is 11.8 Å². The van der Waals surface area contributed by atoms with Crippen molar-refractivity contribution in [3.05, 3.63) is 41.7 Å². The van der Waals surface area contributed by atoms with Crippen molar-refractivity contribution in [2.75, 3.05) is 13.2 Å². The Labute approximate surface area is 158 Å². The van der Waals surface area contributed by atoms with E-state index in [1.807, 2.05) is 13.0 Å². The average Bonchev–Trinajstić information content (AvgIpc) is 2.69. The molecule has 1 heterocycles. The van der Waals surface area contributed by atoms with Crippen LogP contribution in [-0.2, 0) is 14.3 Å². The number of carbonyl (C=O) groups is 1. The summed E-state index contributed by atoms with van der Waals surface area (Å²) in [5, 5.41) is 8.75. The van der Waals surface area contributed by atoms with E-state index in [0.29, 0.717) is 32.0 Å². The number of hydrogen-bond donors (Lipinski definition) is 0. The van der Waals surface area contributed by atoms with Gasteiger partial charge in [-0.05, 0) is 44.7 Å². The van der Waals surface area contributed by atoms with Crippen LogP contribution in [0.3, 0.4) is 0 Å². The molecule has 1 saturated heterocycles. The summed E-state index contributed by atoms with van der Waals surface area (Å²) in [5.41, 5.74) is -0.0699. The molecule has 2 fully saturated rings. The molecule has 0 atom stereocenters. The molecule has 0 unspecified atom stereocenters. The van der Waals surface area contributed by atoms with Crippen LogP contribution in [0.5, 0.6) is 5.75 Å². The van der Waals surface area contributed by atoms with Gasteiger partial charge in [0.2, 0.25) is 0 Å². The zero-order chi connectivity index (χ0) is 19.2. The highest BCUT2D eigenvalue weighted by atomic mass is 19.1. The van der Waals surface area contributed by atoms with Crippen LogP contribution in [0.4, 0.5) is 4.39 Å². The Kier molecular flexibility index (Phi) is 6.59. The third kappa shape index (κ3) is 4.94. The SMILES string of the molecule is C/C=C/C1COC(C2CCC(C(=O)Oc3ccc(C#N)c(F)c3)CC2)OC1. The fraction of sp³-hybridized carbons (Fsp3) is 0.524. The Morgan fingerprint density at radius 3 is 2.56 bits per heavy atom. The summed E-state index contributed by atoms with van der Waals surface area (Å²) in [7, 11) is 0. The molecule has 144 valence electrons. The quantitative estimate of drug-likeness (QED) is 0.454. The van der Waals surface area contributed by atoms with Crippen LogP contribution in [0, 0.1) is 34.9 Å². The zero-order valence-corrected chi connectivity index (χ0v) is 15.4. The average molecular weight is 373 g/mol. The van der Waals surface area contributed by atoms with Crippen LogP contribution < -0.4 is 4.74 Å². The van der Waals surface area contributed by atoms with Gasteiger partial charge in [-0.1, -0.05) is 12.2 Å². The van der Waals surface area contributed by atoms with Crippen LogP contribution in [-0.4, -0.2) is 25.5 Å². The largest absolute Gasteiger partial charge is 0.426 e. The maximum Gasteiger partial charge on any atom is 0.314 e. The normalized spacial score (nSPS) is 28.6. The van der Waals surface area contributed by atoms with Crippen molar-refractivity contribution < 1.29 is 23.4 Å². The molecule has 0 spiro atoms. The molecule has 0 aromatic heterocycles. The molecule has 1 aromatic carbocycles. The fourth-order valence-electron chi connectivity index (χ4n) is 3.67. The van der Waals surface area contributed by atoms with Gasteiger partial charge in [-0.25, -0.2) is 4.39 Å². The molecule has 2 aliphatic rings. The molecule has 1 saturated carbocycles. The van der Waals surface area contributed by atoms with Gasteiger partial charge in [0.1, 0.15) is 17.6 Å². The number of allylic oxidation sites excluding steroid dienone is 1. The lowest BCUT2D eigenvalue weighted by molar-refractivity contribution is -0.223. The molecule has 0 bridgehead atoms. The van der Waals surface area contributed by atoms with E-state index in [4.69, 9.17) is 19.5 Å². The van der Waals surface area contributed by atoms with Crippen LogP contribution in [0.25, 0.3) is 0 Å². The first-order valence-corrected chi connectivity index (χ1v) is 9.38. The topological polar surface area (TPSA) is 68.5 Å². The van der Waals surface area contributed by atoms with Gasteiger partial charge in [-0.15, -0.1) is 0 Å². The molecule has 5 nitrogen and oxygen atoms in total. The highest BCUT2D eigenvalue weighted by Crippen LogP contribution is 2.35. The number of ether oxygens (including phenoxy) is 3. The number of carbonyl (C=O) groups excluding carboxylic acids is 1. The molecule has 0 amide bonds. The molecule has 3 rings (SSSR count). The molecule has 6 heteroatoms. The minimum Gasteiger partial charge on any atom is -0.426 e. The van der Waals surface area contributed by atoms with Gasteiger partial charge in [0.25, 0.3) is 0 Å². The summed E-state index contributed by atoms with van der Waals surface area (Å²) in [6, 6.07) is 5.57. The van der Waals surface area contributed by atoms with Crippen molar-refractivity contribution in [2.24, 2.45) is 17.8 Å². The van der Waals surface area contributed by atoms with Crippen LogP contribution in [0.1, 0.15) is 38.2 Å². The maximum absolute atomic E-state index is 13.6. The summed E-state index contributed by atoms with van der Waals surface area (Å²) in [4.78, 5) is 12.4. The Balaban J connectivity index is 1.47. The summed E-state index contributed by atoms with van der Waals surface area (Å²) in [6.07, 6.45) is 6.97. The maximum atomic E-state index is 13.6. The second-order valence-corrected chi connectivity index (χ2v) is 7.11. The van der Waals surface area contributed by atoms with Gasteiger partial charge in [0.15, 0.2) is 6.29 Å². The molecule has 0 N–H and O–H groups in total. The summed E-state index contributed by atoms with van der Waals surface area (Å²) < 4.78 is 30.6. The number of benzene rings is 1. The number of nitrogens with zero attached hydrogens (tertiary/aromatic N) is 1. The predicted octanol–water partition coefficient (Wildman–Crippen LogP) is 3.97. The second kappa shape index (κ2) is 9.12. The monoisotopic (exact) mass is 373 g/mol. The lowest BCUT2D eigenvalue weighted by atomic mass is 9.81. The number of rotatable bonds is 4. The Morgan fingerprint density at radius 2 is 1.96 bits per heavy atom. The van der Waals surface area contributed by atoms with Crippen LogP contribution >= 0.6 is 0 Å². The first-order valence-electron chi connectivity index (χ1n) is 9.38. The van der Waals surface area contributed by atoms with Gasteiger partial charge in [-0.3, -0.25) is 4.79 Å². The third-order valence-electron chi connectivity index (χ3n) is 5.18. The lowest BCUT2D eigenvalue weighted by Crippen LogP contribution is -2.39.